The summed E-state index contributed by atoms with van der Waals surface area (Å²) < 4.78 is 9.91. The summed E-state index contributed by atoms with van der Waals surface area (Å²) in [5.41, 5.74) is 0. The molecule has 0 saturated carbocycles. The monoisotopic (exact) mass is 198 g/mol. The second-order valence-corrected chi connectivity index (χ2v) is 2.39. The predicted molar refractivity (Wildman–Crippen MR) is 47.9 cm³/mol. The van der Waals surface area contributed by atoms with Crippen LogP contribution in [0.25, 0.3) is 0 Å². The highest BCUT2D eigenvalue weighted by Gasteiger charge is 2.07. The summed E-state index contributed by atoms with van der Waals surface area (Å²) in [6, 6.07) is 0. The molecule has 0 aliphatic heterocycles. The van der Waals surface area contributed by atoms with Crippen LogP contribution in [0.2, 0.25) is 5.15 Å². The van der Waals surface area contributed by atoms with Crippen LogP contribution in [0.5, 0.6) is 11.8 Å². The summed E-state index contributed by atoms with van der Waals surface area (Å²) in [4.78, 5) is 7.68. The molecule has 0 N–H and O–H groups in total. The van der Waals surface area contributed by atoms with E-state index in [1.807, 2.05) is 0 Å². The third-order valence-corrected chi connectivity index (χ3v) is 1.35. The molecule has 5 heteroatoms. The Morgan fingerprint density at radius 1 is 1.62 bits per heavy atom. The van der Waals surface area contributed by atoms with Crippen LogP contribution in [0.3, 0.4) is 0 Å². The molecule has 1 aromatic heterocycles. The van der Waals surface area contributed by atoms with Crippen molar-refractivity contribution in [2.75, 3.05) is 13.7 Å². The first-order chi connectivity index (χ1) is 6.27. The molecular weight excluding hydrogens is 192 g/mol. The second-order valence-electron chi connectivity index (χ2n) is 2.00. The molecule has 0 unspecified atom stereocenters. The molecule has 4 nitrogen and oxygen atoms in total. The summed E-state index contributed by atoms with van der Waals surface area (Å²) >= 11 is 5.58. The van der Waals surface area contributed by atoms with E-state index in [4.69, 9.17) is 27.5 Å². The van der Waals surface area contributed by atoms with E-state index in [0.29, 0.717) is 0 Å². The smallest absolute Gasteiger partial charge is 0.279 e. The molecule has 0 fully saturated rings. The Kier molecular flexibility index (Phi) is 3.35. The van der Waals surface area contributed by atoms with Gasteiger partial charge in [-0.1, -0.05) is 17.5 Å². The van der Waals surface area contributed by atoms with Crippen molar-refractivity contribution in [3.05, 3.63) is 11.3 Å². The van der Waals surface area contributed by atoms with E-state index in [9.17, 15) is 0 Å². The number of terminal acetylenes is 1. The van der Waals surface area contributed by atoms with E-state index >= 15 is 0 Å². The van der Waals surface area contributed by atoms with Crippen LogP contribution in [0.15, 0.2) is 6.20 Å². The molecule has 1 aromatic rings. The first-order valence-electron chi connectivity index (χ1n) is 3.40. The Bertz CT molecular complexity index is 335. The number of methoxy groups -OCH3 is 1. The molecule has 1 heterocycles. The lowest BCUT2D eigenvalue weighted by atomic mass is 10.6. The van der Waals surface area contributed by atoms with E-state index in [0.717, 1.165) is 0 Å². The SMILES string of the molecule is C#CCOc1ncc(Cl)nc1OC. The molecule has 13 heavy (non-hydrogen) atoms. The van der Waals surface area contributed by atoms with Crippen molar-refractivity contribution in [2.24, 2.45) is 0 Å². The van der Waals surface area contributed by atoms with Gasteiger partial charge < -0.3 is 9.47 Å². The Labute approximate surface area is 80.9 Å². The van der Waals surface area contributed by atoms with Crippen LogP contribution in [0.4, 0.5) is 0 Å². The molecule has 0 radical (unpaired) electrons. The molecule has 0 aliphatic carbocycles. The first-order valence-corrected chi connectivity index (χ1v) is 3.78. The molecule has 0 aliphatic rings. The molecule has 0 saturated heterocycles. The minimum atomic E-state index is 0.118. The Morgan fingerprint density at radius 2 is 2.38 bits per heavy atom. The fraction of sp³-hybridized carbons (Fsp3) is 0.250. The fourth-order valence-electron chi connectivity index (χ4n) is 0.683. The third kappa shape index (κ3) is 2.49. The highest BCUT2D eigenvalue weighted by molar-refractivity contribution is 6.29. The Morgan fingerprint density at radius 3 is 3.00 bits per heavy atom. The molecule has 0 spiro atoms. The summed E-state index contributed by atoms with van der Waals surface area (Å²) in [6.45, 7) is 0.118. The summed E-state index contributed by atoms with van der Waals surface area (Å²) in [5, 5.41) is 0.241. The molecule has 0 amide bonds. The maximum Gasteiger partial charge on any atom is 0.279 e. The largest absolute Gasteiger partial charge is 0.477 e. The predicted octanol–water partition coefficient (Wildman–Crippen LogP) is 1.15. The number of aromatic nitrogens is 2. The molecule has 0 bridgehead atoms. The van der Waals surface area contributed by atoms with Crippen molar-refractivity contribution < 1.29 is 9.47 Å². The van der Waals surface area contributed by atoms with Gasteiger partial charge in [0.2, 0.25) is 0 Å². The van der Waals surface area contributed by atoms with Gasteiger partial charge in [0.25, 0.3) is 11.8 Å². The Balaban J connectivity index is 2.87. The Hall–Kier alpha value is -1.47. The number of halogens is 1. The van der Waals surface area contributed by atoms with Gasteiger partial charge in [0.05, 0.1) is 13.3 Å². The zero-order chi connectivity index (χ0) is 9.68. The van der Waals surface area contributed by atoms with Crippen molar-refractivity contribution in [3.8, 4) is 24.1 Å². The van der Waals surface area contributed by atoms with Gasteiger partial charge in [-0.15, -0.1) is 6.42 Å². The normalized spacial score (nSPS) is 9.00. The summed E-state index contributed by atoms with van der Waals surface area (Å²) in [5.74, 6) is 2.77. The van der Waals surface area contributed by atoms with Crippen LogP contribution >= 0.6 is 11.6 Å². The lowest BCUT2D eigenvalue weighted by Gasteiger charge is -2.05. The first kappa shape index (κ1) is 9.62. The average Bonchev–Trinajstić information content (AvgIpc) is 2.16. The van der Waals surface area contributed by atoms with Crippen molar-refractivity contribution in [2.45, 2.75) is 0 Å². The number of hydrogen-bond acceptors (Lipinski definition) is 4. The van der Waals surface area contributed by atoms with Gasteiger partial charge in [-0.05, 0) is 0 Å². The van der Waals surface area contributed by atoms with Crippen molar-refractivity contribution >= 4 is 11.6 Å². The van der Waals surface area contributed by atoms with E-state index in [2.05, 4.69) is 15.9 Å². The minimum absolute atomic E-state index is 0.118. The summed E-state index contributed by atoms with van der Waals surface area (Å²) in [6.07, 6.45) is 6.36. The van der Waals surface area contributed by atoms with Crippen molar-refractivity contribution in [1.29, 1.82) is 0 Å². The van der Waals surface area contributed by atoms with Gasteiger partial charge >= 0.3 is 0 Å². The number of rotatable bonds is 3. The lowest BCUT2D eigenvalue weighted by Crippen LogP contribution is -2.00. The average molecular weight is 199 g/mol. The zero-order valence-electron chi connectivity index (χ0n) is 6.95. The van der Waals surface area contributed by atoms with Gasteiger partial charge in [0.1, 0.15) is 0 Å². The van der Waals surface area contributed by atoms with Gasteiger partial charge in [-0.2, -0.15) is 4.98 Å². The van der Waals surface area contributed by atoms with E-state index in [-0.39, 0.29) is 23.5 Å². The van der Waals surface area contributed by atoms with Crippen LogP contribution in [-0.2, 0) is 0 Å². The van der Waals surface area contributed by atoms with Gasteiger partial charge in [0.15, 0.2) is 11.8 Å². The lowest BCUT2D eigenvalue weighted by molar-refractivity contribution is 0.309. The van der Waals surface area contributed by atoms with Crippen LogP contribution in [0.1, 0.15) is 0 Å². The maximum atomic E-state index is 5.58. The quantitative estimate of drug-likeness (QED) is 0.684. The van der Waals surface area contributed by atoms with Crippen LogP contribution in [0, 0.1) is 12.3 Å². The molecule has 0 atom stereocenters. The van der Waals surface area contributed by atoms with Gasteiger partial charge in [0, 0.05) is 0 Å². The van der Waals surface area contributed by atoms with Crippen LogP contribution < -0.4 is 9.47 Å². The molecular formula is C8H7ClN2O2. The molecule has 1 rings (SSSR count). The fourth-order valence-corrected chi connectivity index (χ4v) is 0.808. The number of nitrogens with zero attached hydrogens (tertiary/aromatic N) is 2. The van der Waals surface area contributed by atoms with E-state index in [1.54, 1.807) is 0 Å². The van der Waals surface area contributed by atoms with Crippen LogP contribution in [-0.4, -0.2) is 23.7 Å². The van der Waals surface area contributed by atoms with Gasteiger partial charge in [-0.3, -0.25) is 0 Å². The minimum Gasteiger partial charge on any atom is -0.477 e. The highest BCUT2D eigenvalue weighted by atomic mass is 35.5. The topological polar surface area (TPSA) is 44.2 Å². The number of ether oxygens (including phenoxy) is 2. The highest BCUT2D eigenvalue weighted by Crippen LogP contribution is 2.22. The third-order valence-electron chi connectivity index (χ3n) is 1.17. The molecule has 0 aromatic carbocycles. The zero-order valence-corrected chi connectivity index (χ0v) is 7.71. The number of hydrogen-bond donors (Lipinski definition) is 0. The summed E-state index contributed by atoms with van der Waals surface area (Å²) in [7, 11) is 1.45. The van der Waals surface area contributed by atoms with E-state index < -0.39 is 0 Å². The second kappa shape index (κ2) is 4.53. The van der Waals surface area contributed by atoms with Gasteiger partial charge in [-0.25, -0.2) is 4.98 Å². The van der Waals surface area contributed by atoms with Crippen molar-refractivity contribution in [3.63, 3.8) is 0 Å². The standard InChI is InChI=1S/C8H7ClN2O2/c1-3-4-13-7-8(12-2)11-6(9)5-10-7/h1,5H,4H2,2H3. The maximum absolute atomic E-state index is 5.58. The van der Waals surface area contributed by atoms with E-state index in [1.165, 1.54) is 13.3 Å². The molecule has 68 valence electrons. The van der Waals surface area contributed by atoms with Crippen molar-refractivity contribution in [1.82, 2.24) is 9.97 Å².